The van der Waals surface area contributed by atoms with Crippen LogP contribution in [-0.2, 0) is 16.0 Å². The third kappa shape index (κ3) is 3.59. The Labute approximate surface area is 131 Å². The number of nitrogens with zero attached hydrogens (tertiary/aromatic N) is 3. The van der Waals surface area contributed by atoms with E-state index in [1.165, 1.54) is 11.3 Å². The average molecular weight is 317 g/mol. The topological polar surface area (TPSA) is 87.2 Å². The van der Waals surface area contributed by atoms with E-state index in [0.29, 0.717) is 29.7 Å². The van der Waals surface area contributed by atoms with Gasteiger partial charge in [-0.25, -0.2) is 9.97 Å². The van der Waals surface area contributed by atoms with Gasteiger partial charge in [-0.2, -0.15) is 0 Å². The number of thiazole rings is 1. The van der Waals surface area contributed by atoms with Gasteiger partial charge < -0.3 is 15.5 Å². The number of pyridine rings is 1. The Morgan fingerprint density at radius 3 is 3.14 bits per heavy atom. The summed E-state index contributed by atoms with van der Waals surface area (Å²) in [7, 11) is 0. The molecule has 0 unspecified atom stereocenters. The third-order valence-electron chi connectivity index (χ3n) is 3.18. The first-order valence-electron chi connectivity index (χ1n) is 6.87. The molecule has 1 aliphatic rings. The van der Waals surface area contributed by atoms with Crippen LogP contribution in [0.15, 0.2) is 29.8 Å². The average Bonchev–Trinajstić information content (AvgIpc) is 2.95. The van der Waals surface area contributed by atoms with E-state index < -0.39 is 0 Å². The molecule has 3 heterocycles. The van der Waals surface area contributed by atoms with Crippen LogP contribution in [-0.4, -0.2) is 46.3 Å². The lowest BCUT2D eigenvalue weighted by Gasteiger charge is -2.26. The lowest BCUT2D eigenvalue weighted by molar-refractivity contribution is -0.137. The number of hydrogen-bond acceptors (Lipinski definition) is 6. The minimum atomic E-state index is -0.115. The van der Waals surface area contributed by atoms with Crippen molar-refractivity contribution in [3.05, 3.63) is 35.5 Å². The van der Waals surface area contributed by atoms with Crippen molar-refractivity contribution < 1.29 is 9.59 Å². The quantitative estimate of drug-likeness (QED) is 0.870. The minimum absolute atomic E-state index is 0.0791. The van der Waals surface area contributed by atoms with E-state index >= 15 is 0 Å². The van der Waals surface area contributed by atoms with Gasteiger partial charge in [0, 0.05) is 24.7 Å². The maximum Gasteiger partial charge on any atom is 0.239 e. The Bertz CT molecular complexity index is 673. The van der Waals surface area contributed by atoms with Crippen molar-refractivity contribution in [2.75, 3.05) is 25.0 Å². The second-order valence-corrected chi connectivity index (χ2v) is 5.68. The summed E-state index contributed by atoms with van der Waals surface area (Å²) < 4.78 is 0. The number of rotatable bonds is 4. The highest BCUT2D eigenvalue weighted by Crippen LogP contribution is 2.20. The Balaban J connectivity index is 1.59. The smallest absolute Gasteiger partial charge is 0.239 e. The lowest BCUT2D eigenvalue weighted by Crippen LogP contribution is -2.50. The second-order valence-electron chi connectivity index (χ2n) is 4.83. The SMILES string of the molecule is O=C1CN(C(=O)Cc2csc(Nc3ccccn3)n2)CCN1. The van der Waals surface area contributed by atoms with Crippen LogP contribution in [0.25, 0.3) is 0 Å². The molecule has 114 valence electrons. The van der Waals surface area contributed by atoms with Crippen molar-refractivity contribution in [1.29, 1.82) is 0 Å². The number of carbonyl (C=O) groups is 2. The third-order valence-corrected chi connectivity index (χ3v) is 3.98. The van der Waals surface area contributed by atoms with Crippen molar-refractivity contribution in [1.82, 2.24) is 20.2 Å². The van der Waals surface area contributed by atoms with Crippen molar-refractivity contribution in [2.45, 2.75) is 6.42 Å². The van der Waals surface area contributed by atoms with Crippen molar-refractivity contribution in [3.8, 4) is 0 Å². The van der Waals surface area contributed by atoms with Gasteiger partial charge in [0.2, 0.25) is 11.8 Å². The number of anilines is 2. The highest BCUT2D eigenvalue weighted by Gasteiger charge is 2.21. The molecule has 0 bridgehead atoms. The van der Waals surface area contributed by atoms with Crippen LogP contribution in [0.2, 0.25) is 0 Å². The second kappa shape index (κ2) is 6.52. The number of hydrogen-bond donors (Lipinski definition) is 2. The fourth-order valence-electron chi connectivity index (χ4n) is 2.11. The predicted octanol–water partition coefficient (Wildman–Crippen LogP) is 0.783. The monoisotopic (exact) mass is 317 g/mol. The van der Waals surface area contributed by atoms with Crippen LogP contribution in [0.5, 0.6) is 0 Å². The zero-order valence-electron chi connectivity index (χ0n) is 11.8. The number of aromatic nitrogens is 2. The molecule has 2 aromatic heterocycles. The van der Waals surface area contributed by atoms with Gasteiger partial charge in [0.25, 0.3) is 0 Å². The summed E-state index contributed by atoms with van der Waals surface area (Å²) >= 11 is 1.42. The molecule has 3 rings (SSSR count). The first kappa shape index (κ1) is 14.5. The molecular weight excluding hydrogens is 302 g/mol. The van der Waals surface area contributed by atoms with E-state index in [2.05, 4.69) is 20.6 Å². The van der Waals surface area contributed by atoms with Crippen LogP contribution in [0.3, 0.4) is 0 Å². The minimum Gasteiger partial charge on any atom is -0.353 e. The van der Waals surface area contributed by atoms with Gasteiger partial charge in [0.1, 0.15) is 5.82 Å². The van der Waals surface area contributed by atoms with Crippen molar-refractivity contribution >= 4 is 34.1 Å². The standard InChI is InChI=1S/C14H15N5O2S/c20-12-8-19(6-5-16-12)13(21)7-10-9-22-14(17-10)18-11-3-1-2-4-15-11/h1-4,9H,5-8H2,(H,16,20)(H,15,17,18). The number of amides is 2. The van der Waals surface area contributed by atoms with Gasteiger partial charge in [-0.05, 0) is 12.1 Å². The predicted molar refractivity (Wildman–Crippen MR) is 82.9 cm³/mol. The molecule has 8 heteroatoms. The van der Waals surface area contributed by atoms with Crippen molar-refractivity contribution in [3.63, 3.8) is 0 Å². The van der Waals surface area contributed by atoms with Gasteiger partial charge in [-0.1, -0.05) is 6.07 Å². The van der Waals surface area contributed by atoms with Gasteiger partial charge in [-0.3, -0.25) is 9.59 Å². The van der Waals surface area contributed by atoms with Gasteiger partial charge in [-0.15, -0.1) is 11.3 Å². The first-order valence-corrected chi connectivity index (χ1v) is 7.75. The largest absolute Gasteiger partial charge is 0.353 e. The van der Waals surface area contributed by atoms with E-state index in [1.54, 1.807) is 11.1 Å². The maximum absolute atomic E-state index is 12.2. The zero-order chi connectivity index (χ0) is 15.4. The normalized spacial score (nSPS) is 14.5. The molecule has 0 aromatic carbocycles. The van der Waals surface area contributed by atoms with E-state index in [9.17, 15) is 9.59 Å². The molecule has 0 atom stereocenters. The van der Waals surface area contributed by atoms with E-state index in [4.69, 9.17) is 0 Å². The number of piperazine rings is 1. The van der Waals surface area contributed by atoms with Crippen LogP contribution in [0.4, 0.5) is 10.9 Å². The molecule has 2 aromatic rings. The van der Waals surface area contributed by atoms with E-state index in [-0.39, 0.29) is 24.8 Å². The molecule has 0 radical (unpaired) electrons. The summed E-state index contributed by atoms with van der Waals surface area (Å²) in [5.41, 5.74) is 0.694. The number of carbonyl (C=O) groups excluding carboxylic acids is 2. The van der Waals surface area contributed by atoms with Gasteiger partial charge in [0.05, 0.1) is 18.7 Å². The molecule has 22 heavy (non-hydrogen) atoms. The van der Waals surface area contributed by atoms with Crippen LogP contribution >= 0.6 is 11.3 Å². The highest BCUT2D eigenvalue weighted by molar-refractivity contribution is 7.13. The summed E-state index contributed by atoms with van der Waals surface area (Å²) in [4.78, 5) is 33.6. The summed E-state index contributed by atoms with van der Waals surface area (Å²) in [6.45, 7) is 1.18. The summed E-state index contributed by atoms with van der Waals surface area (Å²) in [6, 6.07) is 5.57. The van der Waals surface area contributed by atoms with E-state index in [1.807, 2.05) is 23.6 Å². The molecule has 0 spiro atoms. The molecule has 0 saturated carbocycles. The molecule has 2 amide bonds. The lowest BCUT2D eigenvalue weighted by atomic mass is 10.2. The molecule has 1 fully saturated rings. The molecule has 0 aliphatic carbocycles. The molecule has 2 N–H and O–H groups in total. The maximum atomic E-state index is 12.2. The summed E-state index contributed by atoms with van der Waals surface area (Å²) in [6.07, 6.45) is 1.90. The van der Waals surface area contributed by atoms with Gasteiger partial charge >= 0.3 is 0 Å². The Morgan fingerprint density at radius 1 is 1.45 bits per heavy atom. The van der Waals surface area contributed by atoms with E-state index in [0.717, 1.165) is 0 Å². The molecule has 1 aliphatic heterocycles. The van der Waals surface area contributed by atoms with Crippen LogP contribution in [0.1, 0.15) is 5.69 Å². The Hall–Kier alpha value is -2.48. The van der Waals surface area contributed by atoms with Crippen LogP contribution in [0, 0.1) is 0 Å². The fourth-order valence-corrected chi connectivity index (χ4v) is 2.83. The highest BCUT2D eigenvalue weighted by atomic mass is 32.1. The zero-order valence-corrected chi connectivity index (χ0v) is 12.6. The van der Waals surface area contributed by atoms with Gasteiger partial charge in [0.15, 0.2) is 5.13 Å². The Kier molecular flexibility index (Phi) is 4.29. The van der Waals surface area contributed by atoms with Crippen molar-refractivity contribution in [2.24, 2.45) is 0 Å². The first-order chi connectivity index (χ1) is 10.7. The van der Waals surface area contributed by atoms with Crippen LogP contribution < -0.4 is 10.6 Å². The summed E-state index contributed by atoms with van der Waals surface area (Å²) in [5.74, 6) is 0.516. The fraction of sp³-hybridized carbons (Fsp3) is 0.286. The molecule has 7 nitrogen and oxygen atoms in total. The molecule has 1 saturated heterocycles. The Morgan fingerprint density at radius 2 is 2.36 bits per heavy atom. The molecular formula is C14H15N5O2S. The number of nitrogens with one attached hydrogen (secondary N) is 2. The summed E-state index contributed by atoms with van der Waals surface area (Å²) in [5, 5.41) is 8.32.